The summed E-state index contributed by atoms with van der Waals surface area (Å²) in [4.78, 5) is 7.11. The second kappa shape index (κ2) is 5.68. The number of nitrogens with zero attached hydrogens (tertiary/aromatic N) is 2. The van der Waals surface area contributed by atoms with Crippen LogP contribution < -0.4 is 0 Å². The number of alkyl halides is 3. The first-order valence-corrected chi connectivity index (χ1v) is 4.85. The van der Waals surface area contributed by atoms with Crippen LogP contribution in [-0.4, -0.2) is 9.97 Å². The van der Waals surface area contributed by atoms with E-state index in [1.54, 1.807) is 6.92 Å². The molecule has 0 aliphatic heterocycles. The van der Waals surface area contributed by atoms with E-state index in [0.29, 0.717) is 12.1 Å². The van der Waals surface area contributed by atoms with Crippen LogP contribution in [0.15, 0.2) is 6.20 Å². The molecule has 1 heterocycles. The van der Waals surface area contributed by atoms with E-state index >= 15 is 0 Å². The highest BCUT2D eigenvalue weighted by molar-refractivity contribution is 5.15. The molecular weight excluding hydrogens is 205 g/mol. The van der Waals surface area contributed by atoms with Gasteiger partial charge in [-0.2, -0.15) is 13.2 Å². The van der Waals surface area contributed by atoms with Crippen molar-refractivity contribution < 1.29 is 13.2 Å². The number of hydrogen-bond donors (Lipinski definition) is 0. The van der Waals surface area contributed by atoms with E-state index < -0.39 is 11.9 Å². The van der Waals surface area contributed by atoms with Crippen molar-refractivity contribution in [3.05, 3.63) is 23.3 Å². The molecule has 0 aliphatic carbocycles. The zero-order valence-corrected chi connectivity index (χ0v) is 9.31. The minimum atomic E-state index is -4.40. The fourth-order valence-electron chi connectivity index (χ4n) is 0.925. The third-order valence-electron chi connectivity index (χ3n) is 1.64. The van der Waals surface area contributed by atoms with Crippen LogP contribution in [0.3, 0.4) is 0 Å². The van der Waals surface area contributed by atoms with Crippen molar-refractivity contribution in [2.45, 2.75) is 40.3 Å². The van der Waals surface area contributed by atoms with Gasteiger partial charge in [-0.15, -0.1) is 0 Å². The second-order valence-electron chi connectivity index (χ2n) is 2.65. The summed E-state index contributed by atoms with van der Waals surface area (Å²) in [5.74, 6) is 0. The van der Waals surface area contributed by atoms with E-state index in [1.165, 1.54) is 13.1 Å². The van der Waals surface area contributed by atoms with Crippen molar-refractivity contribution in [3.8, 4) is 0 Å². The van der Waals surface area contributed by atoms with Crippen molar-refractivity contribution >= 4 is 0 Å². The highest BCUT2D eigenvalue weighted by Gasteiger charge is 2.35. The smallest absolute Gasteiger partial charge is 0.257 e. The quantitative estimate of drug-likeness (QED) is 0.725. The first-order chi connectivity index (χ1) is 6.95. The molecule has 0 fully saturated rings. The van der Waals surface area contributed by atoms with Crippen LogP contribution in [0.25, 0.3) is 0 Å². The van der Waals surface area contributed by atoms with Crippen LogP contribution in [0.1, 0.15) is 37.9 Å². The van der Waals surface area contributed by atoms with E-state index in [0.717, 1.165) is 0 Å². The predicted octanol–water partition coefficient (Wildman–Crippen LogP) is 3.39. The fourth-order valence-corrected chi connectivity index (χ4v) is 0.925. The standard InChI is InChI=1S/C8H9F3N2.C2H6/c1-3-6-4-12-5(2)7(13-6)8(9,10)11;1-2/h4H,3H2,1-2H3;1-2H3. The lowest BCUT2D eigenvalue weighted by molar-refractivity contribution is -0.142. The molecule has 2 nitrogen and oxygen atoms in total. The summed E-state index contributed by atoms with van der Waals surface area (Å²) in [6.45, 7) is 7.04. The van der Waals surface area contributed by atoms with Gasteiger partial charge in [-0.1, -0.05) is 20.8 Å². The van der Waals surface area contributed by atoms with Gasteiger partial charge in [-0.05, 0) is 13.3 Å². The monoisotopic (exact) mass is 220 g/mol. The summed E-state index contributed by atoms with van der Waals surface area (Å²) in [5.41, 5.74) is -0.602. The van der Waals surface area contributed by atoms with Crippen molar-refractivity contribution in [2.24, 2.45) is 0 Å². The van der Waals surface area contributed by atoms with Crippen molar-refractivity contribution in [2.75, 3.05) is 0 Å². The molecule has 0 saturated heterocycles. The van der Waals surface area contributed by atoms with Crippen LogP contribution in [0, 0.1) is 6.92 Å². The van der Waals surface area contributed by atoms with Gasteiger partial charge in [0.05, 0.1) is 11.4 Å². The Balaban J connectivity index is 0.000000921. The normalized spacial score (nSPS) is 10.6. The maximum Gasteiger partial charge on any atom is 0.435 e. The summed E-state index contributed by atoms with van der Waals surface area (Å²) in [6, 6.07) is 0. The Bertz CT molecular complexity index is 308. The van der Waals surface area contributed by atoms with Gasteiger partial charge in [-0.25, -0.2) is 4.98 Å². The summed E-state index contributed by atoms with van der Waals surface area (Å²) in [7, 11) is 0. The Kier molecular flexibility index (Phi) is 5.25. The van der Waals surface area contributed by atoms with Gasteiger partial charge >= 0.3 is 6.18 Å². The summed E-state index contributed by atoms with van der Waals surface area (Å²) < 4.78 is 36.8. The average molecular weight is 220 g/mol. The SMILES string of the molecule is CC.CCc1cnc(C)c(C(F)(F)F)n1. The molecule has 15 heavy (non-hydrogen) atoms. The van der Waals surface area contributed by atoms with E-state index in [4.69, 9.17) is 0 Å². The topological polar surface area (TPSA) is 25.8 Å². The van der Waals surface area contributed by atoms with Gasteiger partial charge in [0, 0.05) is 6.20 Å². The zero-order chi connectivity index (χ0) is 12.1. The summed E-state index contributed by atoms with van der Waals surface area (Å²) in [6.07, 6.45) is -2.58. The third-order valence-corrected chi connectivity index (χ3v) is 1.64. The average Bonchev–Trinajstić information content (AvgIpc) is 2.20. The van der Waals surface area contributed by atoms with E-state index in [2.05, 4.69) is 9.97 Å². The summed E-state index contributed by atoms with van der Waals surface area (Å²) in [5, 5.41) is 0. The lowest BCUT2D eigenvalue weighted by atomic mass is 10.3. The predicted molar refractivity (Wildman–Crippen MR) is 52.5 cm³/mol. The minimum Gasteiger partial charge on any atom is -0.257 e. The Morgan fingerprint density at radius 2 is 1.80 bits per heavy atom. The van der Waals surface area contributed by atoms with E-state index in [1.807, 2.05) is 13.8 Å². The van der Waals surface area contributed by atoms with Crippen molar-refractivity contribution in [1.29, 1.82) is 0 Å². The maximum atomic E-state index is 12.3. The molecule has 0 unspecified atom stereocenters. The first kappa shape index (κ1) is 13.9. The molecule has 0 amide bonds. The molecule has 1 aromatic rings. The minimum absolute atomic E-state index is 0.0790. The number of halogens is 3. The van der Waals surface area contributed by atoms with Gasteiger partial charge in [-0.3, -0.25) is 4.98 Å². The largest absolute Gasteiger partial charge is 0.435 e. The molecule has 1 aromatic heterocycles. The molecule has 0 N–H and O–H groups in total. The van der Waals surface area contributed by atoms with Gasteiger partial charge in [0.2, 0.25) is 0 Å². The fraction of sp³-hybridized carbons (Fsp3) is 0.600. The van der Waals surface area contributed by atoms with Gasteiger partial charge in [0.15, 0.2) is 5.69 Å². The first-order valence-electron chi connectivity index (χ1n) is 4.85. The number of aromatic nitrogens is 2. The molecule has 0 radical (unpaired) electrons. The van der Waals surface area contributed by atoms with Gasteiger partial charge < -0.3 is 0 Å². The molecule has 86 valence electrons. The molecular formula is C10H15F3N2. The Hall–Kier alpha value is -1.13. The van der Waals surface area contributed by atoms with Crippen LogP contribution in [0.2, 0.25) is 0 Å². The van der Waals surface area contributed by atoms with Gasteiger partial charge in [0.25, 0.3) is 0 Å². The van der Waals surface area contributed by atoms with Crippen LogP contribution in [0.5, 0.6) is 0 Å². The summed E-state index contributed by atoms with van der Waals surface area (Å²) >= 11 is 0. The Morgan fingerprint density at radius 3 is 2.20 bits per heavy atom. The number of rotatable bonds is 1. The number of aryl methyl sites for hydroxylation is 2. The molecule has 0 spiro atoms. The zero-order valence-electron chi connectivity index (χ0n) is 9.31. The molecule has 0 aliphatic rings. The lowest BCUT2D eigenvalue weighted by Crippen LogP contribution is -2.13. The molecule has 1 rings (SSSR count). The molecule has 0 atom stereocenters. The van der Waals surface area contributed by atoms with E-state index in [-0.39, 0.29) is 5.69 Å². The van der Waals surface area contributed by atoms with Crippen molar-refractivity contribution in [3.63, 3.8) is 0 Å². The number of hydrogen-bond acceptors (Lipinski definition) is 2. The molecule has 0 bridgehead atoms. The highest BCUT2D eigenvalue weighted by Crippen LogP contribution is 2.29. The lowest BCUT2D eigenvalue weighted by Gasteiger charge is -2.08. The van der Waals surface area contributed by atoms with Crippen LogP contribution in [-0.2, 0) is 12.6 Å². The van der Waals surface area contributed by atoms with Crippen LogP contribution >= 0.6 is 0 Å². The Morgan fingerprint density at radius 1 is 1.27 bits per heavy atom. The third kappa shape index (κ3) is 3.85. The molecule has 0 aromatic carbocycles. The highest BCUT2D eigenvalue weighted by atomic mass is 19.4. The molecule has 0 saturated carbocycles. The molecule has 5 heteroatoms. The van der Waals surface area contributed by atoms with Crippen molar-refractivity contribution in [1.82, 2.24) is 9.97 Å². The second-order valence-corrected chi connectivity index (χ2v) is 2.65. The van der Waals surface area contributed by atoms with E-state index in [9.17, 15) is 13.2 Å². The van der Waals surface area contributed by atoms with Crippen LogP contribution in [0.4, 0.5) is 13.2 Å². The maximum absolute atomic E-state index is 12.3. The van der Waals surface area contributed by atoms with Gasteiger partial charge in [0.1, 0.15) is 0 Å². The Labute approximate surface area is 87.6 Å².